The molecule has 35 heavy (non-hydrogen) atoms. The Morgan fingerprint density at radius 2 is 1.89 bits per heavy atom. The van der Waals surface area contributed by atoms with E-state index in [1.165, 1.54) is 12.4 Å². The van der Waals surface area contributed by atoms with Crippen molar-refractivity contribution in [2.75, 3.05) is 10.0 Å². The van der Waals surface area contributed by atoms with E-state index < -0.39 is 10.0 Å². The molecule has 3 heterocycles. The van der Waals surface area contributed by atoms with Crippen molar-refractivity contribution in [3.8, 4) is 11.5 Å². The Morgan fingerprint density at radius 1 is 1.03 bits per heavy atom. The van der Waals surface area contributed by atoms with Crippen molar-refractivity contribution in [2.24, 2.45) is 7.05 Å². The van der Waals surface area contributed by atoms with E-state index in [-0.39, 0.29) is 5.82 Å². The van der Waals surface area contributed by atoms with Crippen LogP contribution in [0.4, 0.5) is 17.3 Å². The highest BCUT2D eigenvalue weighted by Gasteiger charge is 2.12. The van der Waals surface area contributed by atoms with Crippen molar-refractivity contribution in [3.63, 3.8) is 0 Å². The molecule has 3 aromatic heterocycles. The molecule has 0 spiro atoms. The summed E-state index contributed by atoms with van der Waals surface area (Å²) in [5, 5.41) is 4.05. The number of benzene rings is 2. The molecule has 0 saturated heterocycles. The molecule has 0 fully saturated rings. The summed E-state index contributed by atoms with van der Waals surface area (Å²) in [7, 11) is -1.74. The predicted octanol–water partition coefficient (Wildman–Crippen LogP) is 4.64. The molecule has 0 unspecified atom stereocenters. The molecule has 5 aromatic rings. The van der Waals surface area contributed by atoms with Gasteiger partial charge in [0.15, 0.2) is 5.82 Å². The van der Waals surface area contributed by atoms with Crippen molar-refractivity contribution in [2.45, 2.75) is 6.92 Å². The number of hydrogen-bond donors (Lipinski definition) is 2. The molecule has 10 nitrogen and oxygen atoms in total. The van der Waals surface area contributed by atoms with Crippen LogP contribution >= 0.6 is 0 Å². The molecule has 0 aliphatic rings. The summed E-state index contributed by atoms with van der Waals surface area (Å²) in [5.41, 5.74) is 4.53. The van der Waals surface area contributed by atoms with Crippen molar-refractivity contribution in [3.05, 3.63) is 78.7 Å². The largest absolute Gasteiger partial charge is 0.457 e. The van der Waals surface area contributed by atoms with Gasteiger partial charge in [-0.2, -0.15) is 0 Å². The molecule has 5 rings (SSSR count). The number of hydrogen-bond acceptors (Lipinski definition) is 8. The third-order valence-corrected chi connectivity index (χ3v) is 6.24. The molecule has 0 aliphatic heterocycles. The van der Waals surface area contributed by atoms with Crippen LogP contribution in [-0.4, -0.2) is 32.9 Å². The third kappa shape index (κ3) is 4.62. The molecule has 0 bridgehead atoms. The second-order valence-electron chi connectivity index (χ2n) is 7.81. The fourth-order valence-corrected chi connectivity index (χ4v) is 4.05. The Kier molecular flexibility index (Phi) is 5.53. The van der Waals surface area contributed by atoms with Crippen LogP contribution in [0.25, 0.3) is 22.1 Å². The van der Waals surface area contributed by atoms with E-state index in [0.29, 0.717) is 28.4 Å². The predicted molar refractivity (Wildman–Crippen MR) is 135 cm³/mol. The summed E-state index contributed by atoms with van der Waals surface area (Å²) in [5.74, 6) is 1.97. The van der Waals surface area contributed by atoms with Gasteiger partial charge in [0.1, 0.15) is 29.2 Å². The lowest BCUT2D eigenvalue weighted by Gasteiger charge is -2.13. The molecule has 0 radical (unpaired) electrons. The first-order valence-electron chi connectivity index (χ1n) is 10.5. The van der Waals surface area contributed by atoms with Crippen LogP contribution in [-0.2, 0) is 17.1 Å². The molecule has 0 amide bonds. The van der Waals surface area contributed by atoms with Gasteiger partial charge in [-0.05, 0) is 55.0 Å². The number of nitrogens with one attached hydrogen (secondary N) is 2. The van der Waals surface area contributed by atoms with Gasteiger partial charge in [-0.1, -0.05) is 6.58 Å². The van der Waals surface area contributed by atoms with Crippen LogP contribution in [0.15, 0.2) is 73.2 Å². The highest BCUT2D eigenvalue weighted by molar-refractivity contribution is 7.95. The van der Waals surface area contributed by atoms with E-state index in [2.05, 4.69) is 36.6 Å². The lowest BCUT2D eigenvalue weighted by molar-refractivity contribution is 0.479. The zero-order chi connectivity index (χ0) is 24.6. The van der Waals surface area contributed by atoms with Gasteiger partial charge in [0.25, 0.3) is 10.0 Å². The van der Waals surface area contributed by atoms with Gasteiger partial charge >= 0.3 is 0 Å². The first kappa shape index (κ1) is 22.3. The van der Waals surface area contributed by atoms with Crippen LogP contribution in [0.3, 0.4) is 0 Å². The minimum Gasteiger partial charge on any atom is -0.457 e. The van der Waals surface area contributed by atoms with Gasteiger partial charge in [-0.15, -0.1) is 0 Å². The first-order valence-corrected chi connectivity index (χ1v) is 12.1. The standard InChI is InChI=1S/C24H21N7O3S/c1-4-35(32,33)30-22-10-7-18-23(29-22)24(26-13-25-18)28-16-5-9-21(15(2)11-16)34-17-6-8-20-19(12-17)27-14-31(20)3/h4-14H,1H2,2-3H3,(H,29,30)(H,25,26,28). The van der Waals surface area contributed by atoms with E-state index in [4.69, 9.17) is 4.74 Å². The minimum atomic E-state index is -3.69. The first-order chi connectivity index (χ1) is 16.8. The van der Waals surface area contributed by atoms with Gasteiger partial charge in [0, 0.05) is 24.2 Å². The third-order valence-electron chi connectivity index (χ3n) is 5.31. The summed E-state index contributed by atoms with van der Waals surface area (Å²) >= 11 is 0. The number of ether oxygens (including phenoxy) is 1. The maximum Gasteiger partial charge on any atom is 0.255 e. The molecule has 176 valence electrons. The van der Waals surface area contributed by atoms with E-state index in [1.54, 1.807) is 12.4 Å². The highest BCUT2D eigenvalue weighted by Crippen LogP contribution is 2.31. The average Bonchev–Trinajstić information content (AvgIpc) is 3.21. The number of sulfonamides is 1. The number of imidazole rings is 1. The molecule has 0 atom stereocenters. The Morgan fingerprint density at radius 3 is 2.69 bits per heavy atom. The number of anilines is 3. The second kappa shape index (κ2) is 8.69. The van der Waals surface area contributed by atoms with Crippen molar-refractivity contribution in [1.29, 1.82) is 0 Å². The number of fused-ring (bicyclic) bond motifs is 2. The van der Waals surface area contributed by atoms with Gasteiger partial charge < -0.3 is 14.6 Å². The highest BCUT2D eigenvalue weighted by atomic mass is 32.2. The van der Waals surface area contributed by atoms with E-state index in [1.807, 2.05) is 54.9 Å². The van der Waals surface area contributed by atoms with E-state index in [0.717, 1.165) is 27.7 Å². The van der Waals surface area contributed by atoms with Crippen molar-refractivity contribution < 1.29 is 13.2 Å². The minimum absolute atomic E-state index is 0.139. The van der Waals surface area contributed by atoms with Crippen LogP contribution in [0, 0.1) is 6.92 Å². The van der Waals surface area contributed by atoms with Gasteiger partial charge in [-0.25, -0.2) is 28.4 Å². The molecule has 2 aromatic carbocycles. The summed E-state index contributed by atoms with van der Waals surface area (Å²) in [6, 6.07) is 14.6. The van der Waals surface area contributed by atoms with Crippen LogP contribution in [0.2, 0.25) is 0 Å². The average molecular weight is 488 g/mol. The summed E-state index contributed by atoms with van der Waals surface area (Å²) in [4.78, 5) is 17.2. The van der Waals surface area contributed by atoms with Gasteiger partial charge in [0.2, 0.25) is 0 Å². The monoisotopic (exact) mass is 487 g/mol. The number of nitrogens with zero attached hydrogens (tertiary/aromatic N) is 5. The normalized spacial score (nSPS) is 11.5. The SMILES string of the molecule is C=CS(=O)(=O)Nc1ccc2ncnc(Nc3ccc(Oc4ccc5c(c4)ncn5C)c(C)c3)c2n1. The van der Waals surface area contributed by atoms with Gasteiger partial charge in [0.05, 0.1) is 22.9 Å². The summed E-state index contributed by atoms with van der Waals surface area (Å²) in [6.07, 6.45) is 3.18. The summed E-state index contributed by atoms with van der Waals surface area (Å²) in [6.45, 7) is 5.23. The Hall–Kier alpha value is -4.51. The maximum absolute atomic E-state index is 11.8. The maximum atomic E-state index is 11.8. The molecular weight excluding hydrogens is 466 g/mol. The summed E-state index contributed by atoms with van der Waals surface area (Å²) < 4.78 is 34.0. The number of aryl methyl sites for hydroxylation is 2. The van der Waals surface area contributed by atoms with Crippen LogP contribution in [0.1, 0.15) is 5.56 Å². The second-order valence-corrected chi connectivity index (χ2v) is 9.44. The lowest BCUT2D eigenvalue weighted by Crippen LogP contribution is -2.10. The zero-order valence-corrected chi connectivity index (χ0v) is 19.7. The molecule has 2 N–H and O–H groups in total. The number of aromatic nitrogens is 5. The van der Waals surface area contributed by atoms with Crippen molar-refractivity contribution >= 4 is 49.4 Å². The number of pyridine rings is 1. The lowest BCUT2D eigenvalue weighted by atomic mass is 10.2. The quantitative estimate of drug-likeness (QED) is 0.340. The smallest absolute Gasteiger partial charge is 0.255 e. The van der Waals surface area contributed by atoms with E-state index in [9.17, 15) is 8.42 Å². The Balaban J connectivity index is 1.40. The van der Waals surface area contributed by atoms with Crippen molar-refractivity contribution in [1.82, 2.24) is 24.5 Å². The van der Waals surface area contributed by atoms with Crippen LogP contribution < -0.4 is 14.8 Å². The fraction of sp³-hybridized carbons (Fsp3) is 0.0833. The fourth-order valence-electron chi connectivity index (χ4n) is 3.56. The molecular formula is C24H21N7O3S. The molecule has 0 aliphatic carbocycles. The Labute approximate surface area is 201 Å². The number of rotatable bonds is 7. The zero-order valence-electron chi connectivity index (χ0n) is 18.9. The molecule has 0 saturated carbocycles. The van der Waals surface area contributed by atoms with E-state index >= 15 is 0 Å². The topological polar surface area (TPSA) is 124 Å². The molecule has 11 heteroatoms. The Bertz CT molecular complexity index is 1700. The van der Waals surface area contributed by atoms with Crippen LogP contribution in [0.5, 0.6) is 11.5 Å². The van der Waals surface area contributed by atoms with Gasteiger partial charge in [-0.3, -0.25) is 4.72 Å².